The third-order valence-corrected chi connectivity index (χ3v) is 5.14. The third-order valence-electron chi connectivity index (χ3n) is 3.56. The van der Waals surface area contributed by atoms with Crippen molar-refractivity contribution >= 4 is 27.5 Å². The molecule has 25 heavy (non-hydrogen) atoms. The van der Waals surface area contributed by atoms with Gasteiger partial charge in [0.25, 0.3) is 10.0 Å². The highest BCUT2D eigenvalue weighted by Crippen LogP contribution is 2.15. The first kappa shape index (κ1) is 19.5. The van der Waals surface area contributed by atoms with Crippen LogP contribution in [0, 0.1) is 6.92 Å². The molecule has 2 aromatic rings. The van der Waals surface area contributed by atoms with Crippen molar-refractivity contribution in [1.82, 2.24) is 0 Å². The van der Waals surface area contributed by atoms with Gasteiger partial charge in [-0.25, -0.2) is 0 Å². The predicted octanol–water partition coefficient (Wildman–Crippen LogP) is 4.71. The number of aryl methyl sites for hydroxylation is 1. The number of sulfonamides is 1. The number of hydrogen-bond acceptors (Lipinski definition) is 3. The maximum absolute atomic E-state index is 12.5. The fraction of sp³-hybridized carbons (Fsp3) is 0.316. The van der Waals surface area contributed by atoms with Gasteiger partial charge in [0.05, 0.1) is 4.90 Å². The van der Waals surface area contributed by atoms with Crippen LogP contribution in [0.5, 0.6) is 0 Å². The van der Waals surface area contributed by atoms with Crippen LogP contribution in [0.15, 0.2) is 63.9 Å². The summed E-state index contributed by atoms with van der Waals surface area (Å²) in [5.41, 5.74) is 1.95. The van der Waals surface area contributed by atoms with E-state index in [0.29, 0.717) is 12.3 Å². The van der Waals surface area contributed by atoms with Crippen molar-refractivity contribution in [3.63, 3.8) is 0 Å². The van der Waals surface area contributed by atoms with E-state index in [1.165, 1.54) is 0 Å². The van der Waals surface area contributed by atoms with E-state index in [1.807, 2.05) is 37.3 Å². The summed E-state index contributed by atoms with van der Waals surface area (Å²) in [7, 11) is -3.79. The molecule has 0 radical (unpaired) electrons. The number of unbranched alkanes of at least 4 members (excludes halogenated alkanes) is 1. The maximum atomic E-state index is 12.5. The van der Waals surface area contributed by atoms with Gasteiger partial charge >= 0.3 is 0 Å². The third kappa shape index (κ3) is 6.52. The molecule has 0 aliphatic rings. The van der Waals surface area contributed by atoms with Crippen molar-refractivity contribution in [2.24, 2.45) is 4.40 Å². The molecule has 0 spiro atoms. The SMILES string of the molecule is Cc1ccc(S(=O)(=O)/N=C(\CCCCCl)OCc2ccccc2)cc1. The van der Waals surface area contributed by atoms with Gasteiger partial charge in [-0.1, -0.05) is 48.0 Å². The molecule has 2 rings (SSSR count). The molecule has 0 fully saturated rings. The smallest absolute Gasteiger partial charge is 0.285 e. The molecule has 0 N–H and O–H groups in total. The van der Waals surface area contributed by atoms with Crippen molar-refractivity contribution in [2.75, 3.05) is 5.88 Å². The summed E-state index contributed by atoms with van der Waals surface area (Å²) in [6.07, 6.45) is 1.94. The lowest BCUT2D eigenvalue weighted by atomic mass is 10.2. The molecular weight excluding hydrogens is 358 g/mol. The van der Waals surface area contributed by atoms with Crippen molar-refractivity contribution < 1.29 is 13.2 Å². The van der Waals surface area contributed by atoms with E-state index >= 15 is 0 Å². The van der Waals surface area contributed by atoms with Gasteiger partial charge in [0.15, 0.2) is 0 Å². The number of halogens is 1. The first-order valence-corrected chi connectivity index (χ1v) is 10.1. The van der Waals surface area contributed by atoms with E-state index in [4.69, 9.17) is 16.3 Å². The normalized spacial score (nSPS) is 12.2. The molecule has 0 aliphatic carbocycles. The average molecular weight is 380 g/mol. The molecule has 0 bridgehead atoms. The molecule has 0 heterocycles. The van der Waals surface area contributed by atoms with Gasteiger partial charge in [-0.05, 0) is 37.5 Å². The highest BCUT2D eigenvalue weighted by molar-refractivity contribution is 7.90. The van der Waals surface area contributed by atoms with E-state index in [-0.39, 0.29) is 17.4 Å². The second kappa shape index (κ2) is 9.59. The number of nitrogens with zero attached hydrogens (tertiary/aromatic N) is 1. The van der Waals surface area contributed by atoms with Crippen molar-refractivity contribution in [2.45, 2.75) is 37.7 Å². The quantitative estimate of drug-likeness (QED) is 0.289. The molecule has 0 aromatic heterocycles. The minimum atomic E-state index is -3.79. The van der Waals surface area contributed by atoms with Crippen LogP contribution < -0.4 is 0 Å². The summed E-state index contributed by atoms with van der Waals surface area (Å²) < 4.78 is 34.6. The van der Waals surface area contributed by atoms with Crippen LogP contribution in [-0.4, -0.2) is 20.2 Å². The Morgan fingerprint density at radius 3 is 2.36 bits per heavy atom. The zero-order valence-electron chi connectivity index (χ0n) is 14.2. The monoisotopic (exact) mass is 379 g/mol. The van der Waals surface area contributed by atoms with E-state index in [9.17, 15) is 8.42 Å². The fourth-order valence-electron chi connectivity index (χ4n) is 2.15. The highest BCUT2D eigenvalue weighted by atomic mass is 35.5. The average Bonchev–Trinajstić information content (AvgIpc) is 2.61. The lowest BCUT2D eigenvalue weighted by Crippen LogP contribution is -2.10. The van der Waals surface area contributed by atoms with Crippen molar-refractivity contribution in [1.29, 1.82) is 0 Å². The van der Waals surface area contributed by atoms with Crippen LogP contribution in [0.3, 0.4) is 0 Å². The molecule has 0 amide bonds. The summed E-state index contributed by atoms with van der Waals surface area (Å²) in [6.45, 7) is 2.18. The Kier molecular flexibility index (Phi) is 7.47. The standard InChI is InChI=1S/C19H22ClNO3S/c1-16-10-12-18(13-11-16)25(22,23)21-19(9-5-6-14-20)24-15-17-7-3-2-4-8-17/h2-4,7-8,10-13H,5-6,9,14-15H2,1H3/b21-19+. The lowest BCUT2D eigenvalue weighted by molar-refractivity contribution is 0.283. The molecule has 0 atom stereocenters. The van der Waals surface area contributed by atoms with Gasteiger partial charge in [-0.15, -0.1) is 16.0 Å². The van der Waals surface area contributed by atoms with E-state index < -0.39 is 10.0 Å². The van der Waals surface area contributed by atoms with Crippen LogP contribution in [0.1, 0.15) is 30.4 Å². The van der Waals surface area contributed by atoms with E-state index in [0.717, 1.165) is 24.0 Å². The van der Waals surface area contributed by atoms with Crippen molar-refractivity contribution in [3.05, 3.63) is 65.7 Å². The minimum absolute atomic E-state index is 0.163. The minimum Gasteiger partial charge on any atom is -0.475 e. The molecular formula is C19H22ClNO3S. The zero-order valence-corrected chi connectivity index (χ0v) is 15.8. The molecule has 134 valence electrons. The number of hydrogen-bond donors (Lipinski definition) is 0. The molecule has 6 heteroatoms. The highest BCUT2D eigenvalue weighted by Gasteiger charge is 2.15. The summed E-state index contributed by atoms with van der Waals surface area (Å²) in [6, 6.07) is 16.2. The fourth-order valence-corrected chi connectivity index (χ4v) is 3.34. The maximum Gasteiger partial charge on any atom is 0.285 e. The predicted molar refractivity (Wildman–Crippen MR) is 102 cm³/mol. The zero-order chi connectivity index (χ0) is 18.1. The van der Waals surface area contributed by atoms with Gasteiger partial charge in [-0.2, -0.15) is 8.42 Å². The number of benzene rings is 2. The van der Waals surface area contributed by atoms with Crippen LogP contribution in [-0.2, 0) is 21.4 Å². The number of rotatable bonds is 8. The summed E-state index contributed by atoms with van der Waals surface area (Å²) in [5.74, 6) is 0.742. The first-order chi connectivity index (χ1) is 12.0. The van der Waals surface area contributed by atoms with Crippen LogP contribution >= 0.6 is 11.6 Å². The van der Waals surface area contributed by atoms with Gasteiger partial charge in [0.1, 0.15) is 6.61 Å². The second-order valence-electron chi connectivity index (χ2n) is 5.69. The van der Waals surface area contributed by atoms with Gasteiger partial charge in [0.2, 0.25) is 5.90 Å². The van der Waals surface area contributed by atoms with Crippen LogP contribution in [0.25, 0.3) is 0 Å². The Hall–Kier alpha value is -1.85. The summed E-state index contributed by atoms with van der Waals surface area (Å²) in [4.78, 5) is 0.163. The molecule has 2 aromatic carbocycles. The molecule has 0 aliphatic heterocycles. The van der Waals surface area contributed by atoms with Crippen LogP contribution in [0.2, 0.25) is 0 Å². The molecule has 0 unspecified atom stereocenters. The summed E-state index contributed by atoms with van der Waals surface area (Å²) in [5, 5.41) is 0. The topological polar surface area (TPSA) is 55.7 Å². The second-order valence-corrected chi connectivity index (χ2v) is 7.68. The van der Waals surface area contributed by atoms with Gasteiger partial charge in [-0.3, -0.25) is 0 Å². The number of ether oxygens (including phenoxy) is 1. The Bertz CT molecular complexity index is 787. The largest absolute Gasteiger partial charge is 0.475 e. The lowest BCUT2D eigenvalue weighted by Gasteiger charge is -2.10. The molecule has 4 nitrogen and oxygen atoms in total. The Balaban J connectivity index is 2.17. The Morgan fingerprint density at radius 2 is 1.72 bits per heavy atom. The molecule has 0 saturated carbocycles. The van der Waals surface area contributed by atoms with Gasteiger partial charge < -0.3 is 4.74 Å². The first-order valence-electron chi connectivity index (χ1n) is 8.14. The van der Waals surface area contributed by atoms with Crippen molar-refractivity contribution in [3.8, 4) is 0 Å². The molecule has 0 saturated heterocycles. The van der Waals surface area contributed by atoms with E-state index in [1.54, 1.807) is 24.3 Å². The van der Waals surface area contributed by atoms with Gasteiger partial charge in [0, 0.05) is 12.3 Å². The summed E-state index contributed by atoms with van der Waals surface area (Å²) >= 11 is 5.70. The number of alkyl halides is 1. The Morgan fingerprint density at radius 1 is 1.04 bits per heavy atom. The van der Waals surface area contributed by atoms with E-state index in [2.05, 4.69) is 4.40 Å². The van der Waals surface area contributed by atoms with Crippen LogP contribution in [0.4, 0.5) is 0 Å². The Labute approximate surface area is 154 Å².